The molecule has 0 bridgehead atoms. The number of aliphatic hydroxyl groups is 1. The van der Waals surface area contributed by atoms with Gasteiger partial charge in [-0.25, -0.2) is 15.0 Å². The Morgan fingerprint density at radius 1 is 1.08 bits per heavy atom. The number of imidazole rings is 1. The Labute approximate surface area is 213 Å². The van der Waals surface area contributed by atoms with Crippen LogP contribution in [0.3, 0.4) is 0 Å². The predicted molar refractivity (Wildman–Crippen MR) is 135 cm³/mol. The summed E-state index contributed by atoms with van der Waals surface area (Å²) in [6, 6.07) is 13.4. The van der Waals surface area contributed by atoms with Gasteiger partial charge in [0.15, 0.2) is 0 Å². The zero-order valence-electron chi connectivity index (χ0n) is 20.4. The number of anilines is 1. The minimum atomic E-state index is -0.732. The number of nitrogens with zero attached hydrogens (tertiary/aromatic N) is 6. The van der Waals surface area contributed by atoms with Crippen molar-refractivity contribution < 1.29 is 19.3 Å². The van der Waals surface area contributed by atoms with E-state index in [1.807, 2.05) is 24.3 Å². The molecule has 4 aromatic rings. The summed E-state index contributed by atoms with van der Waals surface area (Å²) >= 11 is 0. The lowest BCUT2D eigenvalue weighted by Crippen LogP contribution is -2.25. The van der Waals surface area contributed by atoms with Crippen LogP contribution >= 0.6 is 0 Å². The van der Waals surface area contributed by atoms with Crippen LogP contribution in [0.5, 0.6) is 17.4 Å². The second kappa shape index (κ2) is 9.26. The summed E-state index contributed by atoms with van der Waals surface area (Å²) in [4.78, 5) is 15.5. The van der Waals surface area contributed by atoms with Crippen molar-refractivity contribution in [2.24, 2.45) is 0 Å². The van der Waals surface area contributed by atoms with Crippen molar-refractivity contribution in [3.05, 3.63) is 60.7 Å². The van der Waals surface area contributed by atoms with Gasteiger partial charge in [-0.1, -0.05) is 0 Å². The summed E-state index contributed by atoms with van der Waals surface area (Å²) in [6.07, 6.45) is 7.41. The highest BCUT2D eigenvalue weighted by molar-refractivity contribution is 5.68. The highest BCUT2D eigenvalue weighted by atomic mass is 16.5. The number of hydrogen-bond acceptors (Lipinski definition) is 9. The number of rotatable bonds is 8. The van der Waals surface area contributed by atoms with Crippen LogP contribution in [0, 0.1) is 11.3 Å². The van der Waals surface area contributed by atoms with E-state index in [4.69, 9.17) is 19.2 Å². The lowest BCUT2D eigenvalue weighted by Gasteiger charge is -2.19. The van der Waals surface area contributed by atoms with Crippen LogP contribution < -0.4 is 19.1 Å². The number of hydrogen-bond donors (Lipinski definition) is 1. The van der Waals surface area contributed by atoms with Crippen molar-refractivity contribution in [3.63, 3.8) is 0 Å². The Balaban J connectivity index is 1.20. The fourth-order valence-electron chi connectivity index (χ4n) is 4.48. The van der Waals surface area contributed by atoms with Crippen LogP contribution in [-0.4, -0.2) is 63.0 Å². The van der Waals surface area contributed by atoms with Crippen molar-refractivity contribution >= 4 is 11.5 Å². The summed E-state index contributed by atoms with van der Waals surface area (Å²) in [7, 11) is 1.58. The van der Waals surface area contributed by atoms with Gasteiger partial charge >= 0.3 is 0 Å². The van der Waals surface area contributed by atoms with Gasteiger partial charge in [0.25, 0.3) is 0 Å². The third kappa shape index (κ3) is 4.73. The van der Waals surface area contributed by atoms with Crippen LogP contribution in [0.2, 0.25) is 0 Å². The third-order valence-corrected chi connectivity index (χ3v) is 6.76. The molecule has 5 heterocycles. The maximum absolute atomic E-state index is 10.2. The molecule has 1 aliphatic heterocycles. The molecule has 1 saturated heterocycles. The van der Waals surface area contributed by atoms with Gasteiger partial charge in [-0.3, -0.25) is 4.40 Å². The van der Waals surface area contributed by atoms with E-state index in [0.29, 0.717) is 28.7 Å². The van der Waals surface area contributed by atoms with Gasteiger partial charge in [0.1, 0.15) is 47.4 Å². The number of fused-ring (bicyclic) bond motifs is 1. The predicted octanol–water partition coefficient (Wildman–Crippen LogP) is 3.23. The summed E-state index contributed by atoms with van der Waals surface area (Å²) in [5.41, 5.74) is 1.87. The smallest absolute Gasteiger partial charge is 0.213 e. The maximum atomic E-state index is 10.2. The Bertz CT molecular complexity index is 1460. The molecule has 188 valence electrons. The minimum Gasteiger partial charge on any atom is -0.490 e. The van der Waals surface area contributed by atoms with E-state index in [1.54, 1.807) is 42.2 Å². The highest BCUT2D eigenvalue weighted by Gasteiger charge is 2.41. The van der Waals surface area contributed by atoms with Gasteiger partial charge in [-0.2, -0.15) is 5.26 Å². The van der Waals surface area contributed by atoms with Crippen LogP contribution in [-0.2, 0) is 0 Å². The molecule has 10 heteroatoms. The Morgan fingerprint density at radius 3 is 2.68 bits per heavy atom. The molecular formula is C27H26N6O4. The maximum Gasteiger partial charge on any atom is 0.213 e. The first kappa shape index (κ1) is 23.1. The molecule has 2 fully saturated rings. The Hall–Kier alpha value is -4.36. The van der Waals surface area contributed by atoms with Crippen molar-refractivity contribution in [3.8, 4) is 34.7 Å². The monoisotopic (exact) mass is 498 g/mol. The summed E-state index contributed by atoms with van der Waals surface area (Å²) < 4.78 is 18.9. The molecule has 0 spiro atoms. The normalized spacial score (nSPS) is 18.0. The first-order chi connectivity index (χ1) is 18.0. The Kier molecular flexibility index (Phi) is 5.77. The standard InChI is InChI=1S/C27H26N6O4/c1-35-26-5-3-20(15-31-26)37-21-6-9-32(16-21)24-4-2-18(13-29-24)23-10-22(36-17-27(34)7-8-27)11-25-30-14-19(12-28)33(23)25/h2-5,10-11,13-15,21,34H,6-9,16-17H2,1H3/t21-/m0/s1. The zero-order chi connectivity index (χ0) is 25.4. The van der Waals surface area contributed by atoms with Crippen molar-refractivity contribution in [1.29, 1.82) is 5.26 Å². The molecule has 0 unspecified atom stereocenters. The zero-order valence-corrected chi connectivity index (χ0v) is 20.4. The van der Waals surface area contributed by atoms with Gasteiger partial charge < -0.3 is 24.2 Å². The first-order valence-corrected chi connectivity index (χ1v) is 12.2. The molecule has 0 aromatic carbocycles. The van der Waals surface area contributed by atoms with Gasteiger partial charge in [-0.05, 0) is 31.0 Å². The number of ether oxygens (including phenoxy) is 3. The molecule has 6 rings (SSSR count). The van der Waals surface area contributed by atoms with E-state index in [1.165, 1.54) is 0 Å². The van der Waals surface area contributed by atoms with Gasteiger partial charge in [-0.15, -0.1) is 0 Å². The second-order valence-electron chi connectivity index (χ2n) is 9.45. The first-order valence-electron chi connectivity index (χ1n) is 12.2. The third-order valence-electron chi connectivity index (χ3n) is 6.76. The molecule has 2 aliphatic rings. The van der Waals surface area contributed by atoms with E-state index in [0.717, 1.165) is 49.4 Å². The van der Waals surface area contributed by atoms with Gasteiger partial charge in [0, 0.05) is 42.9 Å². The lowest BCUT2D eigenvalue weighted by molar-refractivity contribution is 0.0857. The topological polar surface area (TPSA) is 118 Å². The molecule has 1 aliphatic carbocycles. The van der Waals surface area contributed by atoms with E-state index >= 15 is 0 Å². The van der Waals surface area contributed by atoms with Gasteiger partial charge in [0.05, 0.1) is 37.3 Å². The molecule has 10 nitrogen and oxygen atoms in total. The fourth-order valence-corrected chi connectivity index (χ4v) is 4.48. The van der Waals surface area contributed by atoms with E-state index in [9.17, 15) is 10.4 Å². The van der Waals surface area contributed by atoms with E-state index < -0.39 is 5.60 Å². The molecule has 1 saturated carbocycles. The SMILES string of the molecule is COc1ccc(O[C@H]2CCN(c3ccc(-c4cc(OCC5(O)CC5)cc5ncc(C#N)n45)cn3)C2)cn1. The molecule has 37 heavy (non-hydrogen) atoms. The molecule has 4 aromatic heterocycles. The molecule has 0 amide bonds. The van der Waals surface area contributed by atoms with Crippen molar-refractivity contribution in [2.45, 2.75) is 31.0 Å². The highest BCUT2D eigenvalue weighted by Crippen LogP contribution is 2.36. The van der Waals surface area contributed by atoms with Gasteiger partial charge in [0.2, 0.25) is 5.88 Å². The minimum absolute atomic E-state index is 0.0375. The Morgan fingerprint density at radius 2 is 1.97 bits per heavy atom. The van der Waals surface area contributed by atoms with Crippen LogP contribution in [0.4, 0.5) is 5.82 Å². The van der Waals surface area contributed by atoms with Crippen molar-refractivity contribution in [1.82, 2.24) is 19.4 Å². The summed E-state index contributed by atoms with van der Waals surface area (Å²) in [5, 5.41) is 19.8. The van der Waals surface area contributed by atoms with Crippen LogP contribution in [0.15, 0.2) is 55.0 Å². The number of methoxy groups -OCH3 is 1. The van der Waals surface area contributed by atoms with Crippen LogP contribution in [0.25, 0.3) is 16.9 Å². The summed E-state index contributed by atoms with van der Waals surface area (Å²) in [5.74, 6) is 2.71. The average Bonchev–Trinajstić information content (AvgIpc) is 3.29. The molecular weight excluding hydrogens is 472 g/mol. The quantitative estimate of drug-likeness (QED) is 0.391. The molecule has 1 N–H and O–H groups in total. The number of aromatic nitrogens is 4. The average molecular weight is 499 g/mol. The van der Waals surface area contributed by atoms with Crippen molar-refractivity contribution in [2.75, 3.05) is 31.7 Å². The van der Waals surface area contributed by atoms with E-state index in [2.05, 4.69) is 20.9 Å². The number of pyridine rings is 3. The van der Waals surface area contributed by atoms with Crippen LogP contribution in [0.1, 0.15) is 25.0 Å². The number of nitriles is 1. The lowest BCUT2D eigenvalue weighted by atomic mass is 10.1. The fraction of sp³-hybridized carbons (Fsp3) is 0.333. The van der Waals surface area contributed by atoms with E-state index in [-0.39, 0.29) is 12.7 Å². The molecule has 1 atom stereocenters. The molecule has 0 radical (unpaired) electrons. The largest absolute Gasteiger partial charge is 0.490 e. The summed E-state index contributed by atoms with van der Waals surface area (Å²) in [6.45, 7) is 1.78. The second-order valence-corrected chi connectivity index (χ2v) is 9.45.